The summed E-state index contributed by atoms with van der Waals surface area (Å²) in [7, 11) is 0. The number of hydrogen-bond donors (Lipinski definition) is 4. The van der Waals surface area contributed by atoms with Gasteiger partial charge in [-0.05, 0) is 86.5 Å². The van der Waals surface area contributed by atoms with E-state index in [1.165, 1.54) is 4.90 Å². The van der Waals surface area contributed by atoms with E-state index in [4.69, 9.17) is 4.74 Å². The molecule has 2 amide bonds. The number of aliphatic hydroxyl groups is 2. The van der Waals surface area contributed by atoms with Gasteiger partial charge in [-0.2, -0.15) is 0 Å². The highest BCUT2D eigenvalue weighted by molar-refractivity contribution is 5.93. The molecular weight excluding hydrogens is 608 g/mol. The number of allylic oxidation sites excluding steroid dienone is 1. The predicted molar refractivity (Wildman–Crippen MR) is 167 cm³/mol. The van der Waals surface area contributed by atoms with Crippen LogP contribution in [0.5, 0.6) is 0 Å². The highest BCUT2D eigenvalue weighted by atomic mass is 16.5. The molecule has 260 valence electrons. The summed E-state index contributed by atoms with van der Waals surface area (Å²) in [5.74, 6) is -3.75. The summed E-state index contributed by atoms with van der Waals surface area (Å²) in [6.07, 6.45) is 4.97. The molecule has 47 heavy (non-hydrogen) atoms. The average molecular weight is 659 g/mol. The van der Waals surface area contributed by atoms with Crippen molar-refractivity contribution in [2.75, 3.05) is 13.2 Å². The monoisotopic (exact) mass is 658 g/mol. The largest absolute Gasteiger partial charge is 0.480 e. The van der Waals surface area contributed by atoms with Gasteiger partial charge in [0.1, 0.15) is 17.7 Å². The number of nitrogens with one attached hydrogen (secondary N) is 1. The Morgan fingerprint density at radius 3 is 2.47 bits per heavy atom. The van der Waals surface area contributed by atoms with Crippen molar-refractivity contribution < 1.29 is 48.8 Å². The third-order valence-electron chi connectivity index (χ3n) is 12.5. The summed E-state index contributed by atoms with van der Waals surface area (Å²) in [6.45, 7) is 7.11. The van der Waals surface area contributed by atoms with Crippen molar-refractivity contribution >= 4 is 35.3 Å². The second-order valence-corrected chi connectivity index (χ2v) is 15.4. The van der Waals surface area contributed by atoms with Crippen LogP contribution < -0.4 is 5.32 Å². The van der Waals surface area contributed by atoms with E-state index in [9.17, 15) is 44.1 Å². The van der Waals surface area contributed by atoms with Crippen LogP contribution in [0.15, 0.2) is 11.6 Å². The number of amides is 2. The van der Waals surface area contributed by atoms with E-state index in [1.807, 2.05) is 6.92 Å². The van der Waals surface area contributed by atoms with Crippen molar-refractivity contribution in [3.05, 3.63) is 11.6 Å². The molecule has 0 aromatic carbocycles. The van der Waals surface area contributed by atoms with Crippen LogP contribution >= 0.6 is 0 Å². The quantitative estimate of drug-likeness (QED) is 0.254. The summed E-state index contributed by atoms with van der Waals surface area (Å²) < 4.78 is 5.24. The second kappa shape index (κ2) is 13.1. The van der Waals surface area contributed by atoms with E-state index in [0.717, 1.165) is 18.4 Å². The molecule has 0 bridgehead atoms. The van der Waals surface area contributed by atoms with E-state index in [0.29, 0.717) is 38.6 Å². The van der Waals surface area contributed by atoms with Gasteiger partial charge in [0.15, 0.2) is 12.4 Å². The Balaban J connectivity index is 1.15. The van der Waals surface area contributed by atoms with Gasteiger partial charge in [0.25, 0.3) is 0 Å². The molecule has 5 aliphatic rings. The first kappa shape index (κ1) is 35.2. The average Bonchev–Trinajstić information content (AvgIpc) is 3.61. The number of ketones is 2. The summed E-state index contributed by atoms with van der Waals surface area (Å²) in [6, 6.07) is -1.88. The molecule has 4 aliphatic carbocycles. The number of rotatable bonds is 10. The van der Waals surface area contributed by atoms with Crippen LogP contribution in [-0.2, 0) is 33.5 Å². The molecule has 9 atom stereocenters. The van der Waals surface area contributed by atoms with Crippen molar-refractivity contribution in [3.8, 4) is 0 Å². The van der Waals surface area contributed by atoms with E-state index in [-0.39, 0.29) is 60.6 Å². The smallest absolute Gasteiger partial charge is 0.326 e. The van der Waals surface area contributed by atoms with E-state index < -0.39 is 65.3 Å². The molecule has 12 nitrogen and oxygen atoms in total. The summed E-state index contributed by atoms with van der Waals surface area (Å²) in [5, 5.41) is 35.5. The molecule has 0 spiro atoms. The molecule has 1 saturated heterocycles. The lowest BCUT2D eigenvalue weighted by molar-refractivity contribution is -0.184. The number of aliphatic carboxylic acids is 1. The molecule has 12 heteroatoms. The number of ether oxygens (including phenoxy) is 1. The van der Waals surface area contributed by atoms with Crippen LogP contribution in [0, 0.1) is 34.5 Å². The highest BCUT2D eigenvalue weighted by Crippen LogP contribution is 2.67. The fourth-order valence-corrected chi connectivity index (χ4v) is 9.93. The normalized spacial score (nSPS) is 36.9. The molecular formula is C35H50N2O10. The van der Waals surface area contributed by atoms with Gasteiger partial charge in [-0.3, -0.25) is 24.0 Å². The lowest BCUT2D eigenvalue weighted by Gasteiger charge is -2.60. The molecule has 3 saturated carbocycles. The Morgan fingerprint density at radius 2 is 1.79 bits per heavy atom. The van der Waals surface area contributed by atoms with Gasteiger partial charge in [-0.25, -0.2) is 4.79 Å². The van der Waals surface area contributed by atoms with E-state index in [1.54, 1.807) is 19.9 Å². The number of hydrogen-bond acceptors (Lipinski definition) is 9. The Kier molecular flexibility index (Phi) is 9.78. The number of nitrogens with zero attached hydrogens (tertiary/aromatic N) is 1. The number of Topliss-reactive ketones (excluding diaryl/α,β-unsaturated/α-hetero) is 1. The van der Waals surface area contributed by atoms with Gasteiger partial charge in [-0.15, -0.1) is 0 Å². The molecule has 0 aromatic heterocycles. The zero-order chi connectivity index (χ0) is 34.5. The number of carboxylic acid groups (broad SMARTS) is 1. The second-order valence-electron chi connectivity index (χ2n) is 15.4. The maximum Gasteiger partial charge on any atom is 0.326 e. The van der Waals surface area contributed by atoms with Crippen molar-refractivity contribution in [1.29, 1.82) is 0 Å². The first-order valence-corrected chi connectivity index (χ1v) is 17.2. The molecule has 0 radical (unpaired) electrons. The number of carboxylic acids is 1. The molecule has 1 aliphatic heterocycles. The number of likely N-dealkylation sites (tertiary alicyclic amines) is 1. The van der Waals surface area contributed by atoms with E-state index >= 15 is 0 Å². The molecule has 0 aromatic rings. The fourth-order valence-electron chi connectivity index (χ4n) is 9.93. The van der Waals surface area contributed by atoms with Crippen LogP contribution in [0.25, 0.3) is 0 Å². The maximum absolute atomic E-state index is 13.5. The Hall–Kier alpha value is -3.12. The molecule has 4 fully saturated rings. The number of carbonyl (C=O) groups excluding carboxylic acids is 5. The highest BCUT2D eigenvalue weighted by Gasteiger charge is 2.68. The maximum atomic E-state index is 13.5. The number of carbonyl (C=O) groups is 6. The zero-order valence-electron chi connectivity index (χ0n) is 28.0. The molecule has 0 unspecified atom stereocenters. The van der Waals surface area contributed by atoms with Crippen LogP contribution in [0.3, 0.4) is 0 Å². The van der Waals surface area contributed by atoms with E-state index in [2.05, 4.69) is 12.2 Å². The SMILES string of the molecule is CC(C)[C@@H](NC(=O)CCC(=O)OCC(=O)[C@@]1(O)CC[C@H]2[C@@H]3CCC4=CC(=O)CC[C@]4(C)[C@H]3[C@@H](O)C[C@@]21C)C(=O)N1CCC[C@@H]1C(=O)O. The van der Waals surface area contributed by atoms with Gasteiger partial charge in [0, 0.05) is 24.8 Å². The number of aliphatic hydroxyl groups excluding tert-OH is 1. The Bertz CT molecular complexity index is 1360. The molecule has 5 rings (SSSR count). The van der Waals surface area contributed by atoms with Gasteiger partial charge in [0.05, 0.1) is 12.5 Å². The van der Waals surface area contributed by atoms with Crippen LogP contribution in [0.1, 0.15) is 98.3 Å². The first-order chi connectivity index (χ1) is 22.0. The topological polar surface area (TPSA) is 188 Å². The molecule has 4 N–H and O–H groups in total. The van der Waals surface area contributed by atoms with Crippen molar-refractivity contribution in [1.82, 2.24) is 10.2 Å². The Morgan fingerprint density at radius 1 is 1.06 bits per heavy atom. The predicted octanol–water partition coefficient (Wildman–Crippen LogP) is 2.33. The third-order valence-corrected chi connectivity index (χ3v) is 12.5. The Labute approximate surface area is 275 Å². The fraction of sp³-hybridized carbons (Fsp3) is 0.771. The minimum atomic E-state index is -1.78. The van der Waals surface area contributed by atoms with Crippen molar-refractivity contribution in [3.63, 3.8) is 0 Å². The first-order valence-electron chi connectivity index (χ1n) is 17.2. The number of fused-ring (bicyclic) bond motifs is 5. The minimum absolute atomic E-state index is 0.0109. The lowest BCUT2D eigenvalue weighted by atomic mass is 9.45. The zero-order valence-corrected chi connectivity index (χ0v) is 28.0. The van der Waals surface area contributed by atoms with Gasteiger partial charge < -0.3 is 30.3 Å². The minimum Gasteiger partial charge on any atom is -0.480 e. The third kappa shape index (κ3) is 6.16. The number of esters is 1. The van der Waals surface area contributed by atoms with Crippen molar-refractivity contribution in [2.24, 2.45) is 34.5 Å². The van der Waals surface area contributed by atoms with Gasteiger partial charge >= 0.3 is 11.9 Å². The summed E-state index contributed by atoms with van der Waals surface area (Å²) in [4.78, 5) is 76.9. The lowest BCUT2D eigenvalue weighted by Crippen LogP contribution is -2.62. The van der Waals surface area contributed by atoms with Gasteiger partial charge in [-0.1, -0.05) is 33.3 Å². The standard InChI is InChI=1S/C35H50N2O10/c1-19(2)30(31(43)37-15-5-6-24(37)32(44)45)36-27(41)9-10-28(42)47-18-26(40)35(46)14-12-23-22-8-7-20-16-21(38)11-13-33(20,3)29(22)25(39)17-34(23,35)4/h16,19,22-25,29-30,39,46H,5-15,17-18H2,1-4H3,(H,36,41)(H,44,45)/t22-,23-,24+,25-,29+,30+,33-,34-,35-/m0/s1. The van der Waals surface area contributed by atoms with Crippen LogP contribution in [0.2, 0.25) is 0 Å². The van der Waals surface area contributed by atoms with Crippen molar-refractivity contribution in [2.45, 2.75) is 122 Å². The molecule has 1 heterocycles. The van der Waals surface area contributed by atoms with Gasteiger partial charge in [0.2, 0.25) is 17.6 Å². The van der Waals surface area contributed by atoms with Crippen LogP contribution in [0.4, 0.5) is 0 Å². The summed E-state index contributed by atoms with van der Waals surface area (Å²) >= 11 is 0. The van der Waals surface area contributed by atoms with Crippen LogP contribution in [-0.4, -0.2) is 92.5 Å². The summed E-state index contributed by atoms with van der Waals surface area (Å²) in [5.41, 5.74) is -1.88.